The standard InChI is InChI=1S/C12H12N4O4/c1-3-20-12(17)10(7-13)15-14-9-5-4-6-11(8(9)2)16(18)19/h4-6,14H,3H2,1-2H3. The van der Waals surface area contributed by atoms with Crippen LogP contribution in [0, 0.1) is 28.4 Å². The SMILES string of the molecule is CCOC(=O)C(C#N)=NNc1cccc([N+](=O)[O-])c1C. The summed E-state index contributed by atoms with van der Waals surface area (Å²) < 4.78 is 4.64. The third kappa shape index (κ3) is 3.52. The van der Waals surface area contributed by atoms with Crippen molar-refractivity contribution in [3.63, 3.8) is 0 Å². The van der Waals surface area contributed by atoms with Gasteiger partial charge in [0.05, 0.1) is 22.8 Å². The van der Waals surface area contributed by atoms with Crippen LogP contribution in [-0.2, 0) is 9.53 Å². The second-order valence-electron chi connectivity index (χ2n) is 3.61. The fourth-order valence-electron chi connectivity index (χ4n) is 1.37. The number of anilines is 1. The van der Waals surface area contributed by atoms with E-state index in [0.717, 1.165) is 0 Å². The first kappa shape index (κ1) is 15.1. The lowest BCUT2D eigenvalue weighted by Gasteiger charge is -2.05. The van der Waals surface area contributed by atoms with Crippen molar-refractivity contribution in [2.75, 3.05) is 12.0 Å². The van der Waals surface area contributed by atoms with Gasteiger partial charge in [-0.25, -0.2) is 4.79 Å². The van der Waals surface area contributed by atoms with Crippen molar-refractivity contribution in [1.82, 2.24) is 0 Å². The van der Waals surface area contributed by atoms with Gasteiger partial charge in [-0.05, 0) is 19.9 Å². The van der Waals surface area contributed by atoms with Gasteiger partial charge in [0.1, 0.15) is 6.07 Å². The van der Waals surface area contributed by atoms with E-state index in [4.69, 9.17) is 5.26 Å². The molecule has 0 unspecified atom stereocenters. The maximum atomic E-state index is 11.3. The van der Waals surface area contributed by atoms with Gasteiger partial charge in [0.15, 0.2) is 0 Å². The summed E-state index contributed by atoms with van der Waals surface area (Å²) in [5.74, 6) is -0.856. The van der Waals surface area contributed by atoms with Gasteiger partial charge < -0.3 is 4.74 Å². The normalized spacial score (nSPS) is 10.6. The van der Waals surface area contributed by atoms with E-state index >= 15 is 0 Å². The Hall–Kier alpha value is -2.95. The van der Waals surface area contributed by atoms with Crippen molar-refractivity contribution < 1.29 is 14.5 Å². The topological polar surface area (TPSA) is 118 Å². The van der Waals surface area contributed by atoms with Crippen LogP contribution in [0.1, 0.15) is 12.5 Å². The number of nitrogens with one attached hydrogen (secondary N) is 1. The number of ether oxygens (including phenoxy) is 1. The Morgan fingerprint density at radius 3 is 2.85 bits per heavy atom. The zero-order valence-electron chi connectivity index (χ0n) is 10.9. The average Bonchev–Trinajstić information content (AvgIpc) is 2.41. The molecular weight excluding hydrogens is 264 g/mol. The van der Waals surface area contributed by atoms with Crippen molar-refractivity contribution >= 4 is 23.1 Å². The van der Waals surface area contributed by atoms with E-state index in [1.165, 1.54) is 19.1 Å². The first-order valence-corrected chi connectivity index (χ1v) is 5.66. The van der Waals surface area contributed by atoms with E-state index in [9.17, 15) is 14.9 Å². The number of nitro groups is 1. The van der Waals surface area contributed by atoms with E-state index < -0.39 is 16.6 Å². The summed E-state index contributed by atoms with van der Waals surface area (Å²) >= 11 is 0. The number of hydrazone groups is 1. The number of nitro benzene ring substituents is 1. The second-order valence-corrected chi connectivity index (χ2v) is 3.61. The number of carbonyl (C=O) groups excluding carboxylic acids is 1. The maximum Gasteiger partial charge on any atom is 0.369 e. The van der Waals surface area contributed by atoms with Crippen molar-refractivity contribution in [2.24, 2.45) is 5.10 Å². The predicted molar refractivity (Wildman–Crippen MR) is 71.1 cm³/mol. The molecule has 0 fully saturated rings. The first-order chi connectivity index (χ1) is 9.51. The number of benzene rings is 1. The monoisotopic (exact) mass is 276 g/mol. The predicted octanol–water partition coefficient (Wildman–Crippen LogP) is 1.76. The lowest BCUT2D eigenvalue weighted by atomic mass is 10.1. The maximum absolute atomic E-state index is 11.3. The van der Waals surface area contributed by atoms with Crippen LogP contribution in [0.25, 0.3) is 0 Å². The fraction of sp³-hybridized carbons (Fsp3) is 0.250. The van der Waals surface area contributed by atoms with E-state index in [0.29, 0.717) is 11.3 Å². The van der Waals surface area contributed by atoms with Gasteiger partial charge in [-0.3, -0.25) is 15.5 Å². The first-order valence-electron chi connectivity index (χ1n) is 5.66. The lowest BCUT2D eigenvalue weighted by molar-refractivity contribution is -0.385. The Labute approximate surface area is 114 Å². The minimum absolute atomic E-state index is 0.0835. The van der Waals surface area contributed by atoms with E-state index in [1.807, 2.05) is 0 Å². The van der Waals surface area contributed by atoms with Crippen molar-refractivity contribution in [2.45, 2.75) is 13.8 Å². The van der Waals surface area contributed by atoms with Gasteiger partial charge in [0.2, 0.25) is 5.71 Å². The molecule has 8 nitrogen and oxygen atoms in total. The smallest absolute Gasteiger partial charge is 0.369 e. The van der Waals surface area contributed by atoms with Crippen LogP contribution in [0.3, 0.4) is 0 Å². The lowest BCUT2D eigenvalue weighted by Crippen LogP contribution is -2.17. The minimum Gasteiger partial charge on any atom is -0.461 e. The number of rotatable bonds is 5. The molecule has 0 aliphatic heterocycles. The molecule has 0 amide bonds. The molecule has 104 valence electrons. The summed E-state index contributed by atoms with van der Waals surface area (Å²) in [5, 5.41) is 23.2. The molecule has 1 aromatic rings. The van der Waals surface area contributed by atoms with Crippen LogP contribution in [-0.4, -0.2) is 23.2 Å². The average molecular weight is 276 g/mol. The van der Waals surface area contributed by atoms with Gasteiger partial charge in [0.25, 0.3) is 5.69 Å². The third-order valence-electron chi connectivity index (χ3n) is 2.36. The van der Waals surface area contributed by atoms with Crippen LogP contribution >= 0.6 is 0 Å². The molecule has 1 aromatic carbocycles. The highest BCUT2D eigenvalue weighted by Gasteiger charge is 2.15. The molecule has 1 N–H and O–H groups in total. The van der Waals surface area contributed by atoms with Crippen LogP contribution in [0.2, 0.25) is 0 Å². The van der Waals surface area contributed by atoms with E-state index in [-0.39, 0.29) is 12.3 Å². The van der Waals surface area contributed by atoms with Crippen molar-refractivity contribution in [3.8, 4) is 6.07 Å². The number of nitriles is 1. The summed E-state index contributed by atoms with van der Waals surface area (Å²) in [7, 11) is 0. The molecule has 0 spiro atoms. The van der Waals surface area contributed by atoms with Crippen LogP contribution in [0.15, 0.2) is 23.3 Å². The Kier molecular flexibility index (Phi) is 5.17. The summed E-state index contributed by atoms with van der Waals surface area (Å²) in [6.45, 7) is 3.26. The highest BCUT2D eigenvalue weighted by Crippen LogP contribution is 2.24. The molecule has 1 rings (SSSR count). The number of esters is 1. The molecular formula is C12H12N4O4. The third-order valence-corrected chi connectivity index (χ3v) is 2.36. The van der Waals surface area contributed by atoms with E-state index in [1.54, 1.807) is 19.1 Å². The van der Waals surface area contributed by atoms with Crippen LogP contribution in [0.5, 0.6) is 0 Å². The van der Waals surface area contributed by atoms with Crippen LogP contribution in [0.4, 0.5) is 11.4 Å². The molecule has 0 aliphatic carbocycles. The number of hydrogen-bond donors (Lipinski definition) is 1. The summed E-state index contributed by atoms with van der Waals surface area (Å²) in [5.41, 5.74) is 2.59. The quantitative estimate of drug-likeness (QED) is 0.379. The molecule has 8 heteroatoms. The number of carbonyl (C=O) groups is 1. The Morgan fingerprint density at radius 1 is 1.60 bits per heavy atom. The molecule has 0 saturated heterocycles. The molecule has 0 atom stereocenters. The summed E-state index contributed by atoms with van der Waals surface area (Å²) in [6, 6.07) is 5.96. The molecule has 0 saturated carbocycles. The summed E-state index contributed by atoms with van der Waals surface area (Å²) in [6.07, 6.45) is 0. The van der Waals surface area contributed by atoms with Gasteiger partial charge in [0, 0.05) is 6.07 Å². The van der Waals surface area contributed by atoms with Crippen molar-refractivity contribution in [3.05, 3.63) is 33.9 Å². The highest BCUT2D eigenvalue weighted by molar-refractivity contribution is 6.43. The fourth-order valence-corrected chi connectivity index (χ4v) is 1.37. The summed E-state index contributed by atoms with van der Waals surface area (Å²) in [4.78, 5) is 21.6. The zero-order valence-corrected chi connectivity index (χ0v) is 10.9. The Bertz CT molecular complexity index is 604. The van der Waals surface area contributed by atoms with Gasteiger partial charge in [-0.2, -0.15) is 10.4 Å². The highest BCUT2D eigenvalue weighted by atomic mass is 16.6. The van der Waals surface area contributed by atoms with Gasteiger partial charge in [-0.1, -0.05) is 6.07 Å². The number of nitrogens with zero attached hydrogens (tertiary/aromatic N) is 3. The molecule has 0 aromatic heterocycles. The van der Waals surface area contributed by atoms with Gasteiger partial charge >= 0.3 is 5.97 Å². The Balaban J connectivity index is 2.99. The van der Waals surface area contributed by atoms with Gasteiger partial charge in [-0.15, -0.1) is 0 Å². The largest absolute Gasteiger partial charge is 0.461 e. The number of hydrogen-bond acceptors (Lipinski definition) is 7. The zero-order chi connectivity index (χ0) is 15.1. The van der Waals surface area contributed by atoms with Crippen LogP contribution < -0.4 is 5.43 Å². The molecule has 0 bridgehead atoms. The molecule has 20 heavy (non-hydrogen) atoms. The Morgan fingerprint density at radius 2 is 2.30 bits per heavy atom. The molecule has 0 heterocycles. The van der Waals surface area contributed by atoms with E-state index in [2.05, 4.69) is 15.3 Å². The molecule has 0 radical (unpaired) electrons. The second kappa shape index (κ2) is 6.84. The molecule has 0 aliphatic rings. The van der Waals surface area contributed by atoms with Crippen molar-refractivity contribution in [1.29, 1.82) is 5.26 Å². The minimum atomic E-state index is -0.856.